The number of piperidine rings is 1. The normalized spacial score (nSPS) is 23.9. The molecule has 26 heavy (non-hydrogen) atoms. The molecule has 0 unspecified atom stereocenters. The van der Waals surface area contributed by atoms with Crippen LogP contribution >= 0.6 is 0 Å². The van der Waals surface area contributed by atoms with E-state index in [1.807, 2.05) is 31.9 Å². The Hall–Kier alpha value is -1.65. The number of rotatable bonds is 4. The minimum atomic E-state index is 0.134. The third kappa shape index (κ3) is 4.95. The highest BCUT2D eigenvalue weighted by molar-refractivity contribution is 5.82. The predicted molar refractivity (Wildman–Crippen MR) is 104 cm³/mol. The smallest absolute Gasteiger partial charge is 0.225 e. The summed E-state index contributed by atoms with van der Waals surface area (Å²) in [5, 5.41) is 4.41. The molecular weight excluding hydrogens is 326 g/mol. The Balaban J connectivity index is 0.00000117. The van der Waals surface area contributed by atoms with Gasteiger partial charge in [-0.2, -0.15) is 5.10 Å². The summed E-state index contributed by atoms with van der Waals surface area (Å²) in [6.07, 6.45) is 10.1. The first-order valence-corrected chi connectivity index (χ1v) is 10.4. The van der Waals surface area contributed by atoms with Gasteiger partial charge in [-0.15, -0.1) is 0 Å². The van der Waals surface area contributed by atoms with E-state index in [4.69, 9.17) is 0 Å². The van der Waals surface area contributed by atoms with Crippen LogP contribution in [-0.2, 0) is 9.59 Å². The molecule has 1 aromatic rings. The number of hydrogen-bond acceptors (Lipinski definition) is 3. The quantitative estimate of drug-likeness (QED) is 0.809. The van der Waals surface area contributed by atoms with E-state index in [0.717, 1.165) is 51.6 Å². The molecule has 1 aliphatic carbocycles. The molecule has 2 heterocycles. The SMILES string of the molecule is CC.CCC(=O)C1CCC(C(=O)N2CCC(n3cc(C)cn3)CC2)CC1. The second kappa shape index (κ2) is 9.89. The molecule has 0 radical (unpaired) electrons. The van der Waals surface area contributed by atoms with Gasteiger partial charge in [-0.25, -0.2) is 0 Å². The van der Waals surface area contributed by atoms with Gasteiger partial charge in [0.25, 0.3) is 0 Å². The summed E-state index contributed by atoms with van der Waals surface area (Å²) in [7, 11) is 0. The van der Waals surface area contributed by atoms with Crippen LogP contribution in [0.2, 0.25) is 0 Å². The monoisotopic (exact) mass is 361 g/mol. The lowest BCUT2D eigenvalue weighted by atomic mass is 9.79. The Kier molecular flexibility index (Phi) is 7.85. The molecule has 2 fully saturated rings. The molecule has 2 aliphatic rings. The summed E-state index contributed by atoms with van der Waals surface area (Å²) in [5.74, 6) is 1.02. The standard InChI is InChI=1S/C19H29N3O2.C2H6/c1-3-18(23)15-4-6-16(7-5-15)19(24)21-10-8-17(9-11-21)22-13-14(2)12-20-22;1-2/h12-13,15-17H,3-11H2,1-2H3;1-2H3. The van der Waals surface area contributed by atoms with Gasteiger partial charge >= 0.3 is 0 Å². The number of Topliss-reactive ketones (excluding diaryl/α,β-unsaturated/α-hetero) is 1. The van der Waals surface area contributed by atoms with Crippen LogP contribution in [0.25, 0.3) is 0 Å². The molecule has 0 atom stereocenters. The van der Waals surface area contributed by atoms with Crippen LogP contribution in [0.15, 0.2) is 12.4 Å². The molecule has 1 amide bonds. The van der Waals surface area contributed by atoms with Crippen LogP contribution < -0.4 is 0 Å². The fourth-order valence-electron chi connectivity index (χ4n) is 4.19. The van der Waals surface area contributed by atoms with Crippen molar-refractivity contribution in [2.24, 2.45) is 11.8 Å². The van der Waals surface area contributed by atoms with E-state index in [-0.39, 0.29) is 11.8 Å². The molecule has 0 bridgehead atoms. The van der Waals surface area contributed by atoms with Gasteiger partial charge in [0.05, 0.1) is 12.2 Å². The highest BCUT2D eigenvalue weighted by Crippen LogP contribution is 2.32. The van der Waals surface area contributed by atoms with Crippen molar-refractivity contribution in [3.63, 3.8) is 0 Å². The van der Waals surface area contributed by atoms with Crippen LogP contribution in [0, 0.1) is 18.8 Å². The summed E-state index contributed by atoms with van der Waals surface area (Å²) in [6, 6.07) is 0.417. The minimum Gasteiger partial charge on any atom is -0.342 e. The molecule has 1 aliphatic heterocycles. The topological polar surface area (TPSA) is 55.2 Å². The van der Waals surface area contributed by atoms with Crippen LogP contribution in [0.4, 0.5) is 0 Å². The second-order valence-electron chi connectivity index (χ2n) is 7.42. The number of ketones is 1. The highest BCUT2D eigenvalue weighted by atomic mass is 16.2. The summed E-state index contributed by atoms with van der Waals surface area (Å²) in [4.78, 5) is 26.6. The number of aryl methyl sites for hydroxylation is 1. The average molecular weight is 362 g/mol. The minimum absolute atomic E-state index is 0.134. The third-order valence-electron chi connectivity index (χ3n) is 5.76. The van der Waals surface area contributed by atoms with Crippen molar-refractivity contribution in [3.8, 4) is 0 Å². The Labute approximate surface area is 158 Å². The Morgan fingerprint density at radius 2 is 1.62 bits per heavy atom. The second-order valence-corrected chi connectivity index (χ2v) is 7.42. The van der Waals surface area contributed by atoms with E-state index >= 15 is 0 Å². The lowest BCUT2D eigenvalue weighted by molar-refractivity contribution is -0.139. The van der Waals surface area contributed by atoms with Gasteiger partial charge in [0.15, 0.2) is 0 Å². The lowest BCUT2D eigenvalue weighted by Crippen LogP contribution is -2.43. The van der Waals surface area contributed by atoms with Gasteiger partial charge in [0.1, 0.15) is 5.78 Å². The van der Waals surface area contributed by atoms with E-state index in [1.54, 1.807) is 0 Å². The first kappa shape index (κ1) is 20.7. The van der Waals surface area contributed by atoms with Crippen molar-refractivity contribution in [3.05, 3.63) is 18.0 Å². The number of carbonyl (C=O) groups is 2. The van der Waals surface area contributed by atoms with Gasteiger partial charge < -0.3 is 4.90 Å². The van der Waals surface area contributed by atoms with Crippen molar-refractivity contribution < 1.29 is 9.59 Å². The number of likely N-dealkylation sites (tertiary alicyclic amines) is 1. The lowest BCUT2D eigenvalue weighted by Gasteiger charge is -2.36. The van der Waals surface area contributed by atoms with Gasteiger partial charge in [0.2, 0.25) is 5.91 Å². The number of aromatic nitrogens is 2. The van der Waals surface area contributed by atoms with E-state index in [0.29, 0.717) is 24.2 Å². The largest absolute Gasteiger partial charge is 0.342 e. The fraction of sp³-hybridized carbons (Fsp3) is 0.762. The molecule has 0 spiro atoms. The first-order chi connectivity index (χ1) is 12.6. The predicted octanol–water partition coefficient (Wildman–Crippen LogP) is 4.17. The molecule has 146 valence electrons. The summed E-state index contributed by atoms with van der Waals surface area (Å²) in [5.41, 5.74) is 1.19. The molecular formula is C21H35N3O2. The first-order valence-electron chi connectivity index (χ1n) is 10.4. The molecule has 1 aromatic heterocycles. The Bertz CT molecular complexity index is 580. The summed E-state index contributed by atoms with van der Waals surface area (Å²) >= 11 is 0. The van der Waals surface area contributed by atoms with E-state index < -0.39 is 0 Å². The molecule has 5 nitrogen and oxygen atoms in total. The maximum atomic E-state index is 12.8. The Morgan fingerprint density at radius 1 is 1.04 bits per heavy atom. The van der Waals surface area contributed by atoms with Crippen molar-refractivity contribution >= 4 is 11.7 Å². The van der Waals surface area contributed by atoms with E-state index in [2.05, 4.69) is 22.9 Å². The molecule has 3 rings (SSSR count). The van der Waals surface area contributed by atoms with Gasteiger partial charge in [-0.3, -0.25) is 14.3 Å². The average Bonchev–Trinajstić information content (AvgIpc) is 3.15. The molecule has 1 saturated heterocycles. The van der Waals surface area contributed by atoms with Gasteiger partial charge in [0, 0.05) is 37.5 Å². The summed E-state index contributed by atoms with van der Waals surface area (Å²) < 4.78 is 2.05. The maximum absolute atomic E-state index is 12.8. The number of hydrogen-bond donors (Lipinski definition) is 0. The van der Waals surface area contributed by atoms with Crippen molar-refractivity contribution in [2.75, 3.05) is 13.1 Å². The van der Waals surface area contributed by atoms with Gasteiger partial charge in [-0.1, -0.05) is 20.8 Å². The molecule has 1 saturated carbocycles. The number of nitrogens with zero attached hydrogens (tertiary/aromatic N) is 3. The van der Waals surface area contributed by atoms with E-state index in [9.17, 15) is 9.59 Å². The van der Waals surface area contributed by atoms with Crippen molar-refractivity contribution in [2.45, 2.75) is 78.7 Å². The van der Waals surface area contributed by atoms with Crippen molar-refractivity contribution in [1.82, 2.24) is 14.7 Å². The molecule has 5 heteroatoms. The van der Waals surface area contributed by atoms with Crippen LogP contribution in [0.3, 0.4) is 0 Å². The van der Waals surface area contributed by atoms with Crippen molar-refractivity contribution in [1.29, 1.82) is 0 Å². The summed E-state index contributed by atoms with van der Waals surface area (Å²) in [6.45, 7) is 9.65. The Morgan fingerprint density at radius 3 is 2.12 bits per heavy atom. The maximum Gasteiger partial charge on any atom is 0.225 e. The zero-order valence-electron chi connectivity index (χ0n) is 16.9. The zero-order valence-corrected chi connectivity index (χ0v) is 16.9. The number of carbonyl (C=O) groups excluding carboxylic acids is 2. The van der Waals surface area contributed by atoms with Gasteiger partial charge in [-0.05, 0) is 51.0 Å². The van der Waals surface area contributed by atoms with E-state index in [1.165, 1.54) is 5.56 Å². The molecule has 0 N–H and O–H groups in total. The third-order valence-corrected chi connectivity index (χ3v) is 5.76. The molecule has 0 aromatic carbocycles. The number of amides is 1. The van der Waals surface area contributed by atoms with Crippen LogP contribution in [0.1, 0.15) is 77.3 Å². The fourth-order valence-corrected chi connectivity index (χ4v) is 4.19. The van der Waals surface area contributed by atoms with Crippen LogP contribution in [0.5, 0.6) is 0 Å². The zero-order chi connectivity index (χ0) is 19.1. The highest BCUT2D eigenvalue weighted by Gasteiger charge is 2.33. The van der Waals surface area contributed by atoms with Crippen LogP contribution in [-0.4, -0.2) is 39.5 Å².